The Morgan fingerprint density at radius 2 is 2.17 bits per heavy atom. The van der Waals surface area contributed by atoms with Crippen LogP contribution in [0, 0.1) is 11.8 Å². The quantitative estimate of drug-likeness (QED) is 0.881. The normalized spacial score (nSPS) is 24.1. The van der Waals surface area contributed by atoms with Crippen molar-refractivity contribution in [2.45, 2.75) is 26.8 Å². The third-order valence-corrected chi connectivity index (χ3v) is 4.89. The second-order valence-electron chi connectivity index (χ2n) is 5.24. The maximum absolute atomic E-state index is 12.1. The zero-order valence-electron chi connectivity index (χ0n) is 10.8. The van der Waals surface area contributed by atoms with Crippen LogP contribution >= 0.6 is 27.3 Å². The highest BCUT2D eigenvalue weighted by Crippen LogP contribution is 2.22. The first kappa shape index (κ1) is 13.9. The number of urea groups is 1. The zero-order valence-corrected chi connectivity index (χ0v) is 13.2. The van der Waals surface area contributed by atoms with Gasteiger partial charge in [-0.15, -0.1) is 11.3 Å². The number of piperidine rings is 1. The lowest BCUT2D eigenvalue weighted by Gasteiger charge is -2.34. The van der Waals surface area contributed by atoms with Crippen molar-refractivity contribution >= 4 is 33.3 Å². The van der Waals surface area contributed by atoms with Crippen molar-refractivity contribution in [3.05, 3.63) is 20.8 Å². The van der Waals surface area contributed by atoms with Crippen LogP contribution in [0.15, 0.2) is 15.9 Å². The van der Waals surface area contributed by atoms with E-state index in [4.69, 9.17) is 0 Å². The first-order valence-corrected chi connectivity index (χ1v) is 7.97. The summed E-state index contributed by atoms with van der Waals surface area (Å²) in [5.74, 6) is 1.21. The average Bonchev–Trinajstić information content (AvgIpc) is 2.70. The maximum Gasteiger partial charge on any atom is 0.317 e. The summed E-state index contributed by atoms with van der Waals surface area (Å²) in [6.45, 7) is 6.81. The molecule has 0 bridgehead atoms. The largest absolute Gasteiger partial charge is 0.333 e. The molecule has 0 aliphatic carbocycles. The molecule has 18 heavy (non-hydrogen) atoms. The number of nitrogens with one attached hydrogen (secondary N) is 1. The van der Waals surface area contributed by atoms with E-state index in [1.165, 1.54) is 11.3 Å². The molecule has 1 aromatic rings. The number of hydrogen-bond donors (Lipinski definition) is 1. The summed E-state index contributed by atoms with van der Waals surface area (Å²) >= 11 is 5.08. The van der Waals surface area contributed by atoms with Crippen LogP contribution in [0.2, 0.25) is 0 Å². The van der Waals surface area contributed by atoms with E-state index in [-0.39, 0.29) is 6.03 Å². The van der Waals surface area contributed by atoms with Crippen LogP contribution in [0.4, 0.5) is 4.79 Å². The molecular formula is C13H19BrN2OS. The van der Waals surface area contributed by atoms with E-state index < -0.39 is 0 Å². The Kier molecular flexibility index (Phi) is 4.67. The molecule has 1 aliphatic heterocycles. The van der Waals surface area contributed by atoms with Crippen LogP contribution in [-0.2, 0) is 6.54 Å². The Labute approximate surface area is 121 Å². The van der Waals surface area contributed by atoms with Crippen molar-refractivity contribution in [1.82, 2.24) is 10.2 Å². The fourth-order valence-electron chi connectivity index (χ4n) is 2.55. The highest BCUT2D eigenvalue weighted by atomic mass is 79.9. The van der Waals surface area contributed by atoms with Gasteiger partial charge in [-0.05, 0) is 40.3 Å². The van der Waals surface area contributed by atoms with Crippen molar-refractivity contribution in [1.29, 1.82) is 0 Å². The summed E-state index contributed by atoms with van der Waals surface area (Å²) in [6, 6.07) is 2.12. The van der Waals surface area contributed by atoms with E-state index in [0.717, 1.165) is 17.6 Å². The number of hydrogen-bond acceptors (Lipinski definition) is 2. The van der Waals surface area contributed by atoms with Crippen LogP contribution in [0.1, 0.15) is 25.1 Å². The number of rotatable bonds is 2. The summed E-state index contributed by atoms with van der Waals surface area (Å²) in [5.41, 5.74) is 0. The van der Waals surface area contributed by atoms with Crippen molar-refractivity contribution in [2.24, 2.45) is 11.8 Å². The van der Waals surface area contributed by atoms with E-state index in [0.29, 0.717) is 18.4 Å². The molecule has 0 saturated carbocycles. The summed E-state index contributed by atoms with van der Waals surface area (Å²) < 4.78 is 1.08. The Bertz CT molecular complexity index is 411. The van der Waals surface area contributed by atoms with Gasteiger partial charge < -0.3 is 10.2 Å². The monoisotopic (exact) mass is 330 g/mol. The first-order chi connectivity index (χ1) is 8.54. The van der Waals surface area contributed by atoms with Crippen LogP contribution in [0.3, 0.4) is 0 Å². The average molecular weight is 331 g/mol. The second-order valence-corrected chi connectivity index (χ2v) is 7.15. The first-order valence-electron chi connectivity index (χ1n) is 6.30. The lowest BCUT2D eigenvalue weighted by molar-refractivity contribution is 0.146. The standard InChI is InChI=1S/C13H19BrN2OS/c1-9-3-10(2)7-16(6-9)13(17)15-5-12-4-11(14)8-18-12/h4,8-10H,3,5-7H2,1-2H3,(H,15,17). The van der Waals surface area contributed by atoms with E-state index in [1.54, 1.807) is 11.3 Å². The number of carbonyl (C=O) groups excluding carboxylic acids is 1. The number of amides is 2. The smallest absolute Gasteiger partial charge is 0.317 e. The predicted octanol–water partition coefficient (Wildman–Crippen LogP) is 3.70. The van der Waals surface area contributed by atoms with Crippen LogP contribution in [0.25, 0.3) is 0 Å². The number of halogens is 1. The number of likely N-dealkylation sites (tertiary alicyclic amines) is 1. The molecule has 1 saturated heterocycles. The summed E-state index contributed by atoms with van der Waals surface area (Å²) in [6.07, 6.45) is 1.22. The number of nitrogens with zero attached hydrogens (tertiary/aromatic N) is 1. The molecule has 2 heterocycles. The second kappa shape index (κ2) is 6.06. The van der Waals surface area contributed by atoms with Gasteiger partial charge in [0, 0.05) is 27.8 Å². The van der Waals surface area contributed by atoms with Gasteiger partial charge in [0.2, 0.25) is 0 Å². The highest BCUT2D eigenvalue weighted by Gasteiger charge is 2.25. The van der Waals surface area contributed by atoms with E-state index in [1.807, 2.05) is 16.3 Å². The summed E-state index contributed by atoms with van der Waals surface area (Å²) in [5, 5.41) is 5.03. The number of thiophene rings is 1. The molecular weight excluding hydrogens is 312 g/mol. The molecule has 0 aromatic carbocycles. The highest BCUT2D eigenvalue weighted by molar-refractivity contribution is 9.10. The lowest BCUT2D eigenvalue weighted by Crippen LogP contribution is -2.47. The molecule has 2 amide bonds. The molecule has 2 unspecified atom stereocenters. The molecule has 0 spiro atoms. The van der Waals surface area contributed by atoms with Gasteiger partial charge in [0.05, 0.1) is 6.54 Å². The van der Waals surface area contributed by atoms with E-state index in [2.05, 4.69) is 35.1 Å². The fraction of sp³-hybridized carbons (Fsp3) is 0.615. The molecule has 2 rings (SSSR count). The van der Waals surface area contributed by atoms with Gasteiger partial charge in [-0.2, -0.15) is 0 Å². The van der Waals surface area contributed by atoms with Gasteiger partial charge >= 0.3 is 6.03 Å². The van der Waals surface area contributed by atoms with Crippen molar-refractivity contribution in [3.8, 4) is 0 Å². The molecule has 1 aliphatic rings. The SMILES string of the molecule is CC1CC(C)CN(C(=O)NCc2cc(Br)cs2)C1. The van der Waals surface area contributed by atoms with Gasteiger partial charge in [-0.25, -0.2) is 4.79 Å². The predicted molar refractivity (Wildman–Crippen MR) is 78.8 cm³/mol. The van der Waals surface area contributed by atoms with Gasteiger partial charge in [0.15, 0.2) is 0 Å². The van der Waals surface area contributed by atoms with E-state index >= 15 is 0 Å². The van der Waals surface area contributed by atoms with Gasteiger partial charge in [0.25, 0.3) is 0 Å². The van der Waals surface area contributed by atoms with Crippen LogP contribution < -0.4 is 5.32 Å². The Balaban J connectivity index is 1.84. The Morgan fingerprint density at radius 1 is 1.50 bits per heavy atom. The van der Waals surface area contributed by atoms with Gasteiger partial charge in [0.1, 0.15) is 0 Å². The van der Waals surface area contributed by atoms with Crippen LogP contribution in [0.5, 0.6) is 0 Å². The van der Waals surface area contributed by atoms with Crippen molar-refractivity contribution in [3.63, 3.8) is 0 Å². The van der Waals surface area contributed by atoms with Crippen molar-refractivity contribution < 1.29 is 4.79 Å². The minimum atomic E-state index is 0.0675. The number of carbonyl (C=O) groups is 1. The fourth-order valence-corrected chi connectivity index (χ4v) is 3.94. The minimum absolute atomic E-state index is 0.0675. The third kappa shape index (κ3) is 3.72. The molecule has 1 aromatic heterocycles. The van der Waals surface area contributed by atoms with Crippen molar-refractivity contribution in [2.75, 3.05) is 13.1 Å². The molecule has 5 heteroatoms. The Morgan fingerprint density at radius 3 is 2.72 bits per heavy atom. The summed E-state index contributed by atoms with van der Waals surface area (Å²) in [4.78, 5) is 15.2. The zero-order chi connectivity index (χ0) is 13.1. The Hall–Kier alpha value is -0.550. The lowest BCUT2D eigenvalue weighted by atomic mass is 9.92. The van der Waals surface area contributed by atoms with E-state index in [9.17, 15) is 4.79 Å². The molecule has 3 nitrogen and oxygen atoms in total. The molecule has 1 N–H and O–H groups in total. The molecule has 1 fully saturated rings. The van der Waals surface area contributed by atoms with Crippen LogP contribution in [-0.4, -0.2) is 24.0 Å². The molecule has 0 radical (unpaired) electrons. The third-order valence-electron chi connectivity index (χ3n) is 3.19. The topological polar surface area (TPSA) is 32.3 Å². The van der Waals surface area contributed by atoms with Gasteiger partial charge in [-0.1, -0.05) is 13.8 Å². The summed E-state index contributed by atoms with van der Waals surface area (Å²) in [7, 11) is 0. The molecule has 2 atom stereocenters. The van der Waals surface area contributed by atoms with Gasteiger partial charge in [-0.3, -0.25) is 0 Å². The minimum Gasteiger partial charge on any atom is -0.333 e. The maximum atomic E-state index is 12.1. The molecule has 100 valence electrons.